The van der Waals surface area contributed by atoms with Crippen LogP contribution < -0.4 is 5.32 Å². The summed E-state index contributed by atoms with van der Waals surface area (Å²) >= 11 is 5.71. The molecule has 0 saturated carbocycles. The molecule has 0 aliphatic heterocycles. The lowest BCUT2D eigenvalue weighted by Gasteiger charge is -2.05. The summed E-state index contributed by atoms with van der Waals surface area (Å²) < 4.78 is 0. The molecule has 0 radical (unpaired) electrons. The Balaban J connectivity index is 2.01. The van der Waals surface area contributed by atoms with E-state index in [4.69, 9.17) is 11.6 Å². The Bertz CT molecular complexity index is 272. The van der Waals surface area contributed by atoms with E-state index in [1.54, 1.807) is 6.20 Å². The van der Waals surface area contributed by atoms with Crippen molar-refractivity contribution in [2.24, 2.45) is 0 Å². The van der Waals surface area contributed by atoms with Gasteiger partial charge in [-0.2, -0.15) is 0 Å². The molecular formula is C13H21ClN2. The first-order valence-electron chi connectivity index (χ1n) is 6.18. The lowest BCUT2D eigenvalue weighted by Crippen LogP contribution is -2.01. The molecule has 90 valence electrons. The van der Waals surface area contributed by atoms with Crippen molar-refractivity contribution in [2.75, 3.05) is 11.9 Å². The monoisotopic (exact) mass is 240 g/mol. The van der Waals surface area contributed by atoms with Gasteiger partial charge in [-0.3, -0.25) is 0 Å². The number of halogens is 1. The zero-order valence-electron chi connectivity index (χ0n) is 10.0. The van der Waals surface area contributed by atoms with Crippen LogP contribution in [0.4, 0.5) is 5.69 Å². The molecule has 0 aliphatic carbocycles. The predicted octanol–water partition coefficient (Wildman–Crippen LogP) is 4.51. The molecule has 0 unspecified atom stereocenters. The van der Waals surface area contributed by atoms with Crippen molar-refractivity contribution in [3.63, 3.8) is 0 Å². The van der Waals surface area contributed by atoms with Gasteiger partial charge in [0.25, 0.3) is 0 Å². The molecule has 1 heterocycles. The van der Waals surface area contributed by atoms with Gasteiger partial charge >= 0.3 is 0 Å². The van der Waals surface area contributed by atoms with E-state index in [1.165, 1.54) is 38.5 Å². The van der Waals surface area contributed by atoms with Crippen molar-refractivity contribution in [1.29, 1.82) is 0 Å². The average Bonchev–Trinajstić information content (AvgIpc) is 2.30. The molecule has 3 heteroatoms. The normalized spacial score (nSPS) is 10.4. The van der Waals surface area contributed by atoms with E-state index in [1.807, 2.05) is 12.1 Å². The van der Waals surface area contributed by atoms with E-state index in [-0.39, 0.29) is 0 Å². The van der Waals surface area contributed by atoms with Gasteiger partial charge in [0.1, 0.15) is 5.15 Å². The molecule has 0 saturated heterocycles. The predicted molar refractivity (Wildman–Crippen MR) is 71.1 cm³/mol. The van der Waals surface area contributed by atoms with Crippen molar-refractivity contribution in [3.8, 4) is 0 Å². The van der Waals surface area contributed by atoms with Gasteiger partial charge in [-0.05, 0) is 18.6 Å². The second kappa shape index (κ2) is 8.40. The minimum atomic E-state index is 0.546. The van der Waals surface area contributed by atoms with Crippen LogP contribution in [-0.2, 0) is 0 Å². The lowest BCUT2D eigenvalue weighted by atomic mass is 10.1. The van der Waals surface area contributed by atoms with Gasteiger partial charge in [-0.15, -0.1) is 0 Å². The van der Waals surface area contributed by atoms with Crippen LogP contribution in [0.5, 0.6) is 0 Å². The van der Waals surface area contributed by atoms with Gasteiger partial charge in [0, 0.05) is 6.54 Å². The number of rotatable bonds is 8. The van der Waals surface area contributed by atoms with E-state index in [9.17, 15) is 0 Å². The Morgan fingerprint density at radius 1 is 1.12 bits per heavy atom. The largest absolute Gasteiger partial charge is 0.384 e. The molecule has 0 fully saturated rings. The van der Waals surface area contributed by atoms with E-state index >= 15 is 0 Å². The summed E-state index contributed by atoms with van der Waals surface area (Å²) in [6, 6.07) is 3.78. The van der Waals surface area contributed by atoms with Crippen molar-refractivity contribution in [2.45, 2.75) is 45.4 Å². The summed E-state index contributed by atoms with van der Waals surface area (Å²) in [6.07, 6.45) is 9.73. The minimum Gasteiger partial charge on any atom is -0.384 e. The maximum atomic E-state index is 5.71. The van der Waals surface area contributed by atoms with Crippen molar-refractivity contribution in [1.82, 2.24) is 4.98 Å². The highest BCUT2D eigenvalue weighted by molar-refractivity contribution is 6.29. The molecule has 1 aromatic rings. The van der Waals surface area contributed by atoms with Gasteiger partial charge in [-0.1, -0.05) is 50.6 Å². The smallest absolute Gasteiger partial charge is 0.129 e. The van der Waals surface area contributed by atoms with Crippen molar-refractivity contribution in [3.05, 3.63) is 23.5 Å². The average molecular weight is 241 g/mol. The van der Waals surface area contributed by atoms with E-state index in [2.05, 4.69) is 17.2 Å². The maximum absolute atomic E-state index is 5.71. The van der Waals surface area contributed by atoms with Gasteiger partial charge in [0.2, 0.25) is 0 Å². The van der Waals surface area contributed by atoms with Crippen LogP contribution in [0.3, 0.4) is 0 Å². The fraction of sp³-hybridized carbons (Fsp3) is 0.615. The van der Waals surface area contributed by atoms with Crippen LogP contribution in [0.15, 0.2) is 18.3 Å². The topological polar surface area (TPSA) is 24.9 Å². The SMILES string of the molecule is CCCCCCCCNc1ccc(Cl)nc1. The highest BCUT2D eigenvalue weighted by Crippen LogP contribution is 2.10. The molecule has 0 atom stereocenters. The van der Waals surface area contributed by atoms with Crippen LogP contribution in [0, 0.1) is 0 Å². The van der Waals surface area contributed by atoms with Crippen LogP contribution in [-0.4, -0.2) is 11.5 Å². The van der Waals surface area contributed by atoms with Crippen LogP contribution in [0.2, 0.25) is 5.15 Å². The number of hydrogen-bond acceptors (Lipinski definition) is 2. The zero-order valence-corrected chi connectivity index (χ0v) is 10.8. The molecule has 0 aliphatic rings. The Morgan fingerprint density at radius 3 is 2.56 bits per heavy atom. The number of nitrogens with one attached hydrogen (secondary N) is 1. The number of aromatic nitrogens is 1. The number of unbranched alkanes of at least 4 members (excludes halogenated alkanes) is 5. The van der Waals surface area contributed by atoms with Gasteiger partial charge < -0.3 is 5.32 Å². The molecule has 0 spiro atoms. The highest BCUT2D eigenvalue weighted by Gasteiger charge is 1.93. The van der Waals surface area contributed by atoms with Crippen LogP contribution >= 0.6 is 11.6 Å². The third kappa shape index (κ3) is 5.96. The Labute approximate surface area is 103 Å². The third-order valence-corrected chi connectivity index (χ3v) is 2.81. The molecule has 0 bridgehead atoms. The lowest BCUT2D eigenvalue weighted by molar-refractivity contribution is 0.617. The molecule has 0 aromatic carbocycles. The maximum Gasteiger partial charge on any atom is 0.129 e. The highest BCUT2D eigenvalue weighted by atomic mass is 35.5. The number of anilines is 1. The van der Waals surface area contributed by atoms with E-state index < -0.39 is 0 Å². The van der Waals surface area contributed by atoms with Gasteiger partial charge in [0.05, 0.1) is 11.9 Å². The van der Waals surface area contributed by atoms with E-state index in [0.29, 0.717) is 5.15 Å². The minimum absolute atomic E-state index is 0.546. The summed E-state index contributed by atoms with van der Waals surface area (Å²) in [5.74, 6) is 0. The summed E-state index contributed by atoms with van der Waals surface area (Å²) in [5.41, 5.74) is 1.05. The standard InChI is InChI=1S/C13H21ClN2/c1-2-3-4-5-6-7-10-15-12-8-9-13(14)16-11-12/h8-9,11,15H,2-7,10H2,1H3. The van der Waals surface area contributed by atoms with E-state index in [0.717, 1.165) is 12.2 Å². The Kier molecular flexibility index (Phi) is 6.98. The van der Waals surface area contributed by atoms with Gasteiger partial charge in [-0.25, -0.2) is 4.98 Å². The summed E-state index contributed by atoms with van der Waals surface area (Å²) in [6.45, 7) is 3.27. The summed E-state index contributed by atoms with van der Waals surface area (Å²) in [4.78, 5) is 4.02. The summed E-state index contributed by atoms with van der Waals surface area (Å²) in [5, 5.41) is 3.89. The fourth-order valence-corrected chi connectivity index (χ4v) is 1.73. The summed E-state index contributed by atoms with van der Waals surface area (Å²) in [7, 11) is 0. The third-order valence-electron chi connectivity index (χ3n) is 2.59. The first-order chi connectivity index (χ1) is 7.83. The van der Waals surface area contributed by atoms with Crippen LogP contribution in [0.1, 0.15) is 45.4 Å². The molecule has 16 heavy (non-hydrogen) atoms. The number of pyridine rings is 1. The number of hydrogen-bond donors (Lipinski definition) is 1. The zero-order chi connectivity index (χ0) is 11.6. The molecular weight excluding hydrogens is 220 g/mol. The molecule has 1 N–H and O–H groups in total. The van der Waals surface area contributed by atoms with Crippen molar-refractivity contribution >= 4 is 17.3 Å². The molecule has 0 amide bonds. The Morgan fingerprint density at radius 2 is 1.88 bits per heavy atom. The molecule has 1 rings (SSSR count). The first kappa shape index (κ1) is 13.3. The van der Waals surface area contributed by atoms with Gasteiger partial charge in [0.15, 0.2) is 0 Å². The van der Waals surface area contributed by atoms with Crippen LogP contribution in [0.25, 0.3) is 0 Å². The second-order valence-corrected chi connectivity index (χ2v) is 4.45. The number of nitrogens with zero attached hydrogens (tertiary/aromatic N) is 1. The van der Waals surface area contributed by atoms with Crippen molar-refractivity contribution < 1.29 is 0 Å². The molecule has 1 aromatic heterocycles. The second-order valence-electron chi connectivity index (χ2n) is 4.06. The quantitative estimate of drug-likeness (QED) is 0.534. The fourth-order valence-electron chi connectivity index (χ4n) is 1.62. The Hall–Kier alpha value is -0.760. The first-order valence-corrected chi connectivity index (χ1v) is 6.56. The molecule has 2 nitrogen and oxygen atoms in total.